The van der Waals surface area contributed by atoms with E-state index in [0.29, 0.717) is 35.1 Å². The number of aromatic nitrogens is 4. The Labute approximate surface area is 171 Å². The molecule has 0 spiro atoms. The summed E-state index contributed by atoms with van der Waals surface area (Å²) in [5.74, 6) is 0.154. The molecule has 0 saturated heterocycles. The van der Waals surface area contributed by atoms with E-state index in [0.717, 1.165) is 5.56 Å². The molecule has 0 aliphatic carbocycles. The number of aryl methyl sites for hydroxylation is 2. The molecule has 0 bridgehead atoms. The van der Waals surface area contributed by atoms with Crippen LogP contribution in [0.5, 0.6) is 5.75 Å². The third-order valence-electron chi connectivity index (χ3n) is 4.32. The highest BCUT2D eigenvalue weighted by Crippen LogP contribution is 2.30. The highest BCUT2D eigenvalue weighted by atomic mass is 35.5. The SMILES string of the molecule is Fc1cc2cc(-c3nn[nH]n3)oc2cc1CCc1ccc(OCC(F)(F)F)c(Cl)c1. The van der Waals surface area contributed by atoms with E-state index < -0.39 is 18.6 Å². The summed E-state index contributed by atoms with van der Waals surface area (Å²) in [5, 5.41) is 14.0. The van der Waals surface area contributed by atoms with Gasteiger partial charge in [0, 0.05) is 5.39 Å². The lowest BCUT2D eigenvalue weighted by atomic mass is 10.0. The van der Waals surface area contributed by atoms with Crippen LogP contribution in [0.25, 0.3) is 22.6 Å². The molecule has 0 amide bonds. The number of ether oxygens (including phenoxy) is 1. The smallest absolute Gasteiger partial charge is 0.422 e. The molecular weight excluding hydrogens is 428 g/mol. The van der Waals surface area contributed by atoms with Crippen LogP contribution in [0, 0.1) is 5.82 Å². The summed E-state index contributed by atoms with van der Waals surface area (Å²) in [5.41, 5.74) is 1.62. The van der Waals surface area contributed by atoms with Crippen LogP contribution < -0.4 is 4.74 Å². The standard InChI is InChI=1S/C19H13ClF4N4O2/c20-13-5-10(2-4-15(13)29-9-19(22,23)24)1-3-11-7-16-12(6-14(11)21)8-17(30-16)18-25-27-28-26-18/h2,4-8H,1,3,9H2,(H,25,26,27,28). The van der Waals surface area contributed by atoms with E-state index in [2.05, 4.69) is 25.4 Å². The van der Waals surface area contributed by atoms with Crippen LogP contribution in [0.2, 0.25) is 5.02 Å². The van der Waals surface area contributed by atoms with Crippen molar-refractivity contribution in [2.75, 3.05) is 6.61 Å². The first kappa shape index (κ1) is 20.1. The molecule has 6 nitrogen and oxygen atoms in total. The zero-order chi connectivity index (χ0) is 21.3. The first-order valence-corrected chi connectivity index (χ1v) is 9.10. The number of furan rings is 1. The van der Waals surface area contributed by atoms with Gasteiger partial charge in [0.15, 0.2) is 12.4 Å². The molecule has 0 aliphatic heterocycles. The molecule has 0 saturated carbocycles. The van der Waals surface area contributed by atoms with Gasteiger partial charge < -0.3 is 9.15 Å². The first-order valence-electron chi connectivity index (χ1n) is 8.72. The fourth-order valence-corrected chi connectivity index (χ4v) is 3.18. The lowest BCUT2D eigenvalue weighted by Gasteiger charge is -2.11. The average Bonchev–Trinajstić information content (AvgIpc) is 3.34. The summed E-state index contributed by atoms with van der Waals surface area (Å²) < 4.78 is 61.6. The molecule has 11 heteroatoms. The summed E-state index contributed by atoms with van der Waals surface area (Å²) in [7, 11) is 0. The van der Waals surface area contributed by atoms with Gasteiger partial charge in [-0.05, 0) is 59.5 Å². The molecule has 0 fully saturated rings. The fraction of sp³-hybridized carbons (Fsp3) is 0.211. The van der Waals surface area contributed by atoms with E-state index in [1.807, 2.05) is 0 Å². The maximum atomic E-state index is 14.5. The molecular formula is C19H13ClF4N4O2. The number of alkyl halides is 3. The van der Waals surface area contributed by atoms with E-state index in [1.54, 1.807) is 18.2 Å². The number of hydrogen-bond acceptors (Lipinski definition) is 5. The molecule has 0 radical (unpaired) electrons. The van der Waals surface area contributed by atoms with Gasteiger partial charge in [-0.25, -0.2) is 4.39 Å². The van der Waals surface area contributed by atoms with E-state index >= 15 is 0 Å². The van der Waals surface area contributed by atoms with Crippen molar-refractivity contribution in [3.63, 3.8) is 0 Å². The summed E-state index contributed by atoms with van der Waals surface area (Å²) in [6.07, 6.45) is -3.70. The monoisotopic (exact) mass is 440 g/mol. The summed E-state index contributed by atoms with van der Waals surface area (Å²) in [4.78, 5) is 0. The molecule has 156 valence electrons. The fourth-order valence-electron chi connectivity index (χ4n) is 2.92. The van der Waals surface area contributed by atoms with Gasteiger partial charge in [0.2, 0.25) is 5.82 Å². The molecule has 0 aliphatic rings. The third-order valence-corrected chi connectivity index (χ3v) is 4.62. The highest BCUT2D eigenvalue weighted by molar-refractivity contribution is 6.32. The third kappa shape index (κ3) is 4.54. The van der Waals surface area contributed by atoms with Crippen molar-refractivity contribution in [3.05, 3.63) is 58.4 Å². The van der Waals surface area contributed by atoms with Crippen LogP contribution in [-0.2, 0) is 12.8 Å². The second kappa shape index (κ2) is 7.94. The second-order valence-electron chi connectivity index (χ2n) is 6.50. The number of hydrogen-bond donors (Lipinski definition) is 1. The van der Waals surface area contributed by atoms with Gasteiger partial charge in [0.05, 0.1) is 5.02 Å². The van der Waals surface area contributed by atoms with Crippen molar-refractivity contribution in [2.24, 2.45) is 0 Å². The largest absolute Gasteiger partial charge is 0.483 e. The van der Waals surface area contributed by atoms with Crippen molar-refractivity contribution in [3.8, 4) is 17.3 Å². The molecule has 1 N–H and O–H groups in total. The number of aromatic amines is 1. The summed E-state index contributed by atoms with van der Waals surface area (Å²) >= 11 is 6.00. The molecule has 2 aromatic carbocycles. The van der Waals surface area contributed by atoms with Gasteiger partial charge in [0.1, 0.15) is 17.1 Å². The Hall–Kier alpha value is -3.14. The van der Waals surface area contributed by atoms with Crippen LogP contribution in [0.1, 0.15) is 11.1 Å². The molecule has 4 aromatic rings. The number of halogens is 5. The van der Waals surface area contributed by atoms with Crippen LogP contribution in [0.15, 0.2) is 40.8 Å². The van der Waals surface area contributed by atoms with Gasteiger partial charge in [0.25, 0.3) is 0 Å². The Morgan fingerprint density at radius 2 is 1.93 bits per heavy atom. The molecule has 0 unspecified atom stereocenters. The normalized spacial score (nSPS) is 11.9. The van der Waals surface area contributed by atoms with Crippen molar-refractivity contribution in [1.29, 1.82) is 0 Å². The van der Waals surface area contributed by atoms with Crippen molar-refractivity contribution >= 4 is 22.6 Å². The van der Waals surface area contributed by atoms with Gasteiger partial charge in [-0.3, -0.25) is 0 Å². The Morgan fingerprint density at radius 1 is 1.10 bits per heavy atom. The van der Waals surface area contributed by atoms with E-state index in [4.69, 9.17) is 16.0 Å². The maximum Gasteiger partial charge on any atom is 0.422 e. The van der Waals surface area contributed by atoms with E-state index in [9.17, 15) is 17.6 Å². The molecule has 30 heavy (non-hydrogen) atoms. The van der Waals surface area contributed by atoms with Gasteiger partial charge in [-0.1, -0.05) is 17.7 Å². The maximum absolute atomic E-state index is 14.5. The zero-order valence-corrected chi connectivity index (χ0v) is 15.9. The first-order chi connectivity index (χ1) is 14.3. The van der Waals surface area contributed by atoms with Gasteiger partial charge >= 0.3 is 6.18 Å². The quantitative estimate of drug-likeness (QED) is 0.420. The number of nitrogens with zero attached hydrogens (tertiary/aromatic N) is 3. The lowest BCUT2D eigenvalue weighted by Crippen LogP contribution is -2.19. The topological polar surface area (TPSA) is 76.8 Å². The Morgan fingerprint density at radius 3 is 2.63 bits per heavy atom. The number of benzene rings is 2. The van der Waals surface area contributed by atoms with E-state index in [1.165, 1.54) is 18.2 Å². The van der Waals surface area contributed by atoms with Crippen LogP contribution in [-0.4, -0.2) is 33.4 Å². The predicted molar refractivity (Wildman–Crippen MR) is 99.8 cm³/mol. The molecule has 0 atom stereocenters. The van der Waals surface area contributed by atoms with Crippen LogP contribution >= 0.6 is 11.6 Å². The number of nitrogens with one attached hydrogen (secondary N) is 1. The zero-order valence-electron chi connectivity index (χ0n) is 15.1. The Bertz CT molecular complexity index is 1180. The minimum atomic E-state index is -4.45. The average molecular weight is 441 g/mol. The number of rotatable bonds is 6. The number of tetrazole rings is 1. The molecule has 2 heterocycles. The minimum absolute atomic E-state index is 0.0588. The van der Waals surface area contributed by atoms with Crippen LogP contribution in [0.3, 0.4) is 0 Å². The predicted octanol–water partition coefficient (Wildman–Crippen LogP) is 5.13. The molecule has 4 rings (SSSR count). The van der Waals surface area contributed by atoms with E-state index in [-0.39, 0.29) is 16.6 Å². The highest BCUT2D eigenvalue weighted by Gasteiger charge is 2.28. The van der Waals surface area contributed by atoms with Crippen molar-refractivity contribution in [2.45, 2.75) is 19.0 Å². The van der Waals surface area contributed by atoms with Gasteiger partial charge in [-0.2, -0.15) is 18.4 Å². The Balaban J connectivity index is 1.48. The van der Waals surface area contributed by atoms with Crippen molar-refractivity contribution in [1.82, 2.24) is 20.6 Å². The second-order valence-corrected chi connectivity index (χ2v) is 6.90. The molecule has 2 aromatic heterocycles. The summed E-state index contributed by atoms with van der Waals surface area (Å²) in [6.45, 7) is -1.42. The lowest BCUT2D eigenvalue weighted by molar-refractivity contribution is -0.153. The van der Waals surface area contributed by atoms with Gasteiger partial charge in [-0.15, -0.1) is 10.2 Å². The minimum Gasteiger partial charge on any atom is -0.483 e. The van der Waals surface area contributed by atoms with Crippen molar-refractivity contribution < 1.29 is 26.7 Å². The Kier molecular flexibility index (Phi) is 5.33. The van der Waals surface area contributed by atoms with Crippen LogP contribution in [0.4, 0.5) is 17.6 Å². The number of H-pyrrole nitrogens is 1. The summed E-state index contributed by atoms with van der Waals surface area (Å²) in [6, 6.07) is 9.04. The number of fused-ring (bicyclic) bond motifs is 1.